The van der Waals surface area contributed by atoms with E-state index in [-0.39, 0.29) is 0 Å². The van der Waals surface area contributed by atoms with Crippen LogP contribution < -0.4 is 5.32 Å². The van der Waals surface area contributed by atoms with Crippen LogP contribution in [-0.4, -0.2) is 23.3 Å². The van der Waals surface area contributed by atoms with Crippen molar-refractivity contribution in [1.82, 2.24) is 10.2 Å². The van der Waals surface area contributed by atoms with Gasteiger partial charge in [0.15, 0.2) is 0 Å². The fourth-order valence-corrected chi connectivity index (χ4v) is 1.36. The van der Waals surface area contributed by atoms with Crippen molar-refractivity contribution in [2.75, 3.05) is 12.4 Å². The van der Waals surface area contributed by atoms with E-state index >= 15 is 0 Å². The van der Waals surface area contributed by atoms with Gasteiger partial charge in [0.2, 0.25) is 5.13 Å². The van der Waals surface area contributed by atoms with E-state index in [0.717, 1.165) is 16.6 Å². The summed E-state index contributed by atoms with van der Waals surface area (Å²) in [6.45, 7) is 4.72. The highest BCUT2D eigenvalue weighted by atomic mass is 32.1. The normalized spacial score (nSPS) is 12.8. The molecule has 0 bridgehead atoms. The van der Waals surface area contributed by atoms with Crippen LogP contribution in [-0.2, 0) is 11.3 Å². The Balaban J connectivity index is 2.36. The van der Waals surface area contributed by atoms with Gasteiger partial charge in [-0.2, -0.15) is 0 Å². The van der Waals surface area contributed by atoms with Crippen molar-refractivity contribution in [1.29, 1.82) is 0 Å². The molecule has 1 N–H and O–H groups in total. The van der Waals surface area contributed by atoms with Crippen LogP contribution in [0.2, 0.25) is 0 Å². The molecule has 0 spiro atoms. The van der Waals surface area contributed by atoms with E-state index in [4.69, 9.17) is 4.74 Å². The third kappa shape index (κ3) is 3.28. The van der Waals surface area contributed by atoms with Crippen LogP contribution in [0.4, 0.5) is 5.13 Å². The Hall–Kier alpha value is -0.680. The van der Waals surface area contributed by atoms with Gasteiger partial charge in [0, 0.05) is 7.05 Å². The number of anilines is 1. The zero-order valence-corrected chi connectivity index (χ0v) is 9.02. The van der Waals surface area contributed by atoms with Crippen molar-refractivity contribution in [2.24, 2.45) is 0 Å². The maximum atomic E-state index is 5.52. The number of nitrogens with zero attached hydrogens (tertiary/aromatic N) is 2. The molecule has 1 atom stereocenters. The molecule has 0 aliphatic rings. The first-order chi connectivity index (χ1) is 6.26. The molecule has 1 aromatic rings. The van der Waals surface area contributed by atoms with E-state index in [1.165, 1.54) is 11.3 Å². The SMILES string of the molecule is CCC(C)OCc1nnc(NC)s1. The molecular formula is C8H15N3OS. The van der Waals surface area contributed by atoms with Gasteiger partial charge in [-0.3, -0.25) is 0 Å². The van der Waals surface area contributed by atoms with E-state index in [9.17, 15) is 0 Å². The molecule has 0 saturated carbocycles. The van der Waals surface area contributed by atoms with Crippen LogP contribution in [0.3, 0.4) is 0 Å². The zero-order chi connectivity index (χ0) is 9.68. The topological polar surface area (TPSA) is 47.0 Å². The molecule has 0 amide bonds. The number of ether oxygens (including phenoxy) is 1. The van der Waals surface area contributed by atoms with E-state index < -0.39 is 0 Å². The Morgan fingerprint density at radius 3 is 2.85 bits per heavy atom. The second kappa shape index (κ2) is 5.14. The minimum atomic E-state index is 0.293. The highest BCUT2D eigenvalue weighted by molar-refractivity contribution is 7.15. The molecule has 1 rings (SSSR count). The van der Waals surface area contributed by atoms with E-state index in [1.807, 2.05) is 7.05 Å². The highest BCUT2D eigenvalue weighted by Crippen LogP contribution is 2.15. The van der Waals surface area contributed by atoms with Gasteiger partial charge in [0.1, 0.15) is 11.6 Å². The Morgan fingerprint density at radius 1 is 1.54 bits per heavy atom. The molecule has 0 aromatic carbocycles. The standard InChI is InChI=1S/C8H15N3OS/c1-4-6(2)12-5-7-10-11-8(9-3)13-7/h6H,4-5H2,1-3H3,(H,9,11). The van der Waals surface area contributed by atoms with Gasteiger partial charge >= 0.3 is 0 Å². The minimum absolute atomic E-state index is 0.293. The van der Waals surface area contributed by atoms with Crippen molar-refractivity contribution in [3.8, 4) is 0 Å². The average molecular weight is 201 g/mol. The molecule has 1 aromatic heterocycles. The smallest absolute Gasteiger partial charge is 0.205 e. The fourth-order valence-electron chi connectivity index (χ4n) is 0.744. The Labute approximate surface area is 82.3 Å². The lowest BCUT2D eigenvalue weighted by Gasteiger charge is -2.07. The van der Waals surface area contributed by atoms with Crippen LogP contribution in [0.5, 0.6) is 0 Å². The summed E-state index contributed by atoms with van der Waals surface area (Å²) in [5, 5.41) is 12.6. The molecule has 13 heavy (non-hydrogen) atoms. The number of hydrogen-bond acceptors (Lipinski definition) is 5. The summed E-state index contributed by atoms with van der Waals surface area (Å²) in [5.74, 6) is 0. The van der Waals surface area contributed by atoms with E-state index in [2.05, 4.69) is 29.4 Å². The summed E-state index contributed by atoms with van der Waals surface area (Å²) >= 11 is 1.53. The third-order valence-corrected chi connectivity index (χ3v) is 2.66. The maximum Gasteiger partial charge on any atom is 0.205 e. The molecule has 5 heteroatoms. The summed E-state index contributed by atoms with van der Waals surface area (Å²) < 4.78 is 5.52. The van der Waals surface area contributed by atoms with Crippen molar-refractivity contribution in [2.45, 2.75) is 33.0 Å². The third-order valence-electron chi connectivity index (χ3n) is 1.75. The molecular weight excluding hydrogens is 186 g/mol. The lowest BCUT2D eigenvalue weighted by molar-refractivity contribution is 0.0504. The molecule has 0 saturated heterocycles. The van der Waals surface area contributed by atoms with Gasteiger partial charge in [-0.15, -0.1) is 10.2 Å². The van der Waals surface area contributed by atoms with Crippen molar-refractivity contribution in [3.63, 3.8) is 0 Å². The second-order valence-electron chi connectivity index (χ2n) is 2.78. The van der Waals surface area contributed by atoms with Crippen LogP contribution in [0.25, 0.3) is 0 Å². The van der Waals surface area contributed by atoms with E-state index in [0.29, 0.717) is 12.7 Å². The quantitative estimate of drug-likeness (QED) is 0.790. The van der Waals surface area contributed by atoms with Gasteiger partial charge in [0.25, 0.3) is 0 Å². The number of nitrogens with one attached hydrogen (secondary N) is 1. The minimum Gasteiger partial charge on any atom is -0.371 e. The second-order valence-corrected chi connectivity index (χ2v) is 3.84. The fraction of sp³-hybridized carbons (Fsp3) is 0.750. The van der Waals surface area contributed by atoms with Crippen LogP contribution in [0.1, 0.15) is 25.3 Å². The van der Waals surface area contributed by atoms with Gasteiger partial charge in [-0.05, 0) is 13.3 Å². The molecule has 0 fully saturated rings. The Bertz CT molecular complexity index is 251. The Kier molecular flexibility index (Phi) is 4.11. The predicted molar refractivity (Wildman–Crippen MR) is 54.0 cm³/mol. The molecule has 4 nitrogen and oxygen atoms in total. The van der Waals surface area contributed by atoms with Crippen molar-refractivity contribution in [3.05, 3.63) is 5.01 Å². The molecule has 0 radical (unpaired) electrons. The summed E-state index contributed by atoms with van der Waals surface area (Å²) in [4.78, 5) is 0. The summed E-state index contributed by atoms with van der Waals surface area (Å²) in [6, 6.07) is 0. The Morgan fingerprint density at radius 2 is 2.31 bits per heavy atom. The molecule has 0 aliphatic heterocycles. The number of rotatable bonds is 5. The number of aromatic nitrogens is 2. The molecule has 1 unspecified atom stereocenters. The number of hydrogen-bond donors (Lipinski definition) is 1. The van der Waals surface area contributed by atoms with Gasteiger partial charge < -0.3 is 10.1 Å². The summed E-state index contributed by atoms with van der Waals surface area (Å²) in [5.41, 5.74) is 0. The predicted octanol–water partition coefficient (Wildman–Crippen LogP) is 1.89. The van der Waals surface area contributed by atoms with Crippen molar-refractivity contribution < 1.29 is 4.74 Å². The van der Waals surface area contributed by atoms with Crippen molar-refractivity contribution >= 4 is 16.5 Å². The molecule has 0 aliphatic carbocycles. The lowest BCUT2D eigenvalue weighted by atomic mass is 10.3. The monoisotopic (exact) mass is 201 g/mol. The van der Waals surface area contributed by atoms with Crippen LogP contribution in [0.15, 0.2) is 0 Å². The first-order valence-electron chi connectivity index (χ1n) is 4.38. The van der Waals surface area contributed by atoms with Gasteiger partial charge in [-0.1, -0.05) is 18.3 Å². The molecule has 74 valence electrons. The lowest BCUT2D eigenvalue weighted by Crippen LogP contribution is -2.05. The summed E-state index contributed by atoms with van der Waals surface area (Å²) in [7, 11) is 1.83. The van der Waals surface area contributed by atoms with Gasteiger partial charge in [-0.25, -0.2) is 0 Å². The maximum absolute atomic E-state index is 5.52. The summed E-state index contributed by atoms with van der Waals surface area (Å²) in [6.07, 6.45) is 1.32. The highest BCUT2D eigenvalue weighted by Gasteiger charge is 2.04. The first kappa shape index (κ1) is 10.4. The van der Waals surface area contributed by atoms with Crippen LogP contribution in [0, 0.1) is 0 Å². The van der Waals surface area contributed by atoms with Gasteiger partial charge in [0.05, 0.1) is 6.10 Å². The first-order valence-corrected chi connectivity index (χ1v) is 5.19. The largest absolute Gasteiger partial charge is 0.371 e. The van der Waals surface area contributed by atoms with E-state index in [1.54, 1.807) is 0 Å². The average Bonchev–Trinajstić information content (AvgIpc) is 2.61. The molecule has 1 heterocycles. The zero-order valence-electron chi connectivity index (χ0n) is 8.20. The van der Waals surface area contributed by atoms with Crippen LogP contribution >= 0.6 is 11.3 Å².